The summed E-state index contributed by atoms with van der Waals surface area (Å²) in [4.78, 5) is 0. The molecule has 0 aromatic heterocycles. The summed E-state index contributed by atoms with van der Waals surface area (Å²) in [6.07, 6.45) is 0.248. The third-order valence-electron chi connectivity index (χ3n) is 1.46. The lowest BCUT2D eigenvalue weighted by atomic mass is 10.2. The average molecular weight is 229 g/mol. The minimum atomic E-state index is 0.248. The lowest BCUT2D eigenvalue weighted by molar-refractivity contribution is 0.268. The predicted molar refractivity (Wildman–Crippen MR) is 51.8 cm³/mol. The van der Waals surface area contributed by atoms with Gasteiger partial charge in [0.1, 0.15) is 0 Å². The van der Waals surface area contributed by atoms with Crippen molar-refractivity contribution in [2.24, 2.45) is 0 Å². The first-order valence-corrected chi connectivity index (χ1v) is 4.48. The SMILES string of the molecule is C[C](O)NCc1ccc(Br)cc1. The molecular weight excluding hydrogens is 218 g/mol. The molecule has 12 heavy (non-hydrogen) atoms. The molecule has 65 valence electrons. The summed E-state index contributed by atoms with van der Waals surface area (Å²) >= 11 is 3.35. The van der Waals surface area contributed by atoms with Crippen LogP contribution in [-0.4, -0.2) is 5.11 Å². The van der Waals surface area contributed by atoms with Crippen molar-refractivity contribution < 1.29 is 5.11 Å². The number of aliphatic hydroxyl groups excluding tert-OH is 1. The van der Waals surface area contributed by atoms with Gasteiger partial charge in [0.25, 0.3) is 0 Å². The zero-order valence-corrected chi connectivity index (χ0v) is 8.43. The number of hydrogen-bond acceptors (Lipinski definition) is 2. The molecule has 0 aliphatic heterocycles. The molecule has 0 spiro atoms. The fourth-order valence-corrected chi connectivity index (χ4v) is 1.10. The predicted octanol–water partition coefficient (Wildman–Crippen LogP) is 2.42. The van der Waals surface area contributed by atoms with Crippen LogP contribution in [0.2, 0.25) is 0 Å². The van der Waals surface area contributed by atoms with Crippen molar-refractivity contribution in [3.05, 3.63) is 40.5 Å². The van der Waals surface area contributed by atoms with E-state index in [2.05, 4.69) is 21.2 Å². The highest BCUT2D eigenvalue weighted by atomic mass is 79.9. The third-order valence-corrected chi connectivity index (χ3v) is 1.99. The number of aliphatic hydroxyl groups is 1. The summed E-state index contributed by atoms with van der Waals surface area (Å²) in [5, 5.41) is 11.7. The van der Waals surface area contributed by atoms with Crippen LogP contribution in [0.3, 0.4) is 0 Å². The van der Waals surface area contributed by atoms with Gasteiger partial charge in [-0.25, -0.2) is 0 Å². The van der Waals surface area contributed by atoms with E-state index in [4.69, 9.17) is 5.11 Å². The van der Waals surface area contributed by atoms with Gasteiger partial charge >= 0.3 is 0 Å². The molecule has 0 fully saturated rings. The Morgan fingerprint density at radius 1 is 1.42 bits per heavy atom. The van der Waals surface area contributed by atoms with E-state index in [0.29, 0.717) is 6.54 Å². The molecule has 0 saturated carbocycles. The van der Waals surface area contributed by atoms with Gasteiger partial charge in [-0.2, -0.15) is 0 Å². The first kappa shape index (κ1) is 9.71. The Labute approximate surface area is 80.7 Å². The lowest BCUT2D eigenvalue weighted by Crippen LogP contribution is -2.16. The summed E-state index contributed by atoms with van der Waals surface area (Å²) in [6, 6.07) is 7.95. The van der Waals surface area contributed by atoms with Gasteiger partial charge in [-0.15, -0.1) is 0 Å². The van der Waals surface area contributed by atoms with Crippen molar-refractivity contribution >= 4 is 15.9 Å². The number of benzene rings is 1. The largest absolute Gasteiger partial charge is 0.372 e. The molecule has 0 heterocycles. The van der Waals surface area contributed by atoms with Gasteiger partial charge in [0.05, 0.1) is 0 Å². The van der Waals surface area contributed by atoms with Gasteiger partial charge in [0.15, 0.2) is 6.23 Å². The molecule has 1 radical (unpaired) electrons. The van der Waals surface area contributed by atoms with E-state index in [1.165, 1.54) is 0 Å². The quantitative estimate of drug-likeness (QED) is 0.834. The van der Waals surface area contributed by atoms with Crippen LogP contribution in [-0.2, 0) is 6.54 Å². The molecule has 0 unspecified atom stereocenters. The van der Waals surface area contributed by atoms with E-state index < -0.39 is 0 Å². The van der Waals surface area contributed by atoms with Gasteiger partial charge in [-0.1, -0.05) is 28.1 Å². The fourth-order valence-electron chi connectivity index (χ4n) is 0.832. The van der Waals surface area contributed by atoms with Gasteiger partial charge in [-0.3, -0.25) is 5.32 Å². The van der Waals surface area contributed by atoms with E-state index in [9.17, 15) is 0 Å². The molecule has 0 atom stereocenters. The molecule has 3 heteroatoms. The Bertz CT molecular complexity index is 233. The van der Waals surface area contributed by atoms with E-state index in [1.807, 2.05) is 24.3 Å². The highest BCUT2D eigenvalue weighted by Crippen LogP contribution is 2.10. The van der Waals surface area contributed by atoms with Gasteiger partial charge in [-0.05, 0) is 24.6 Å². The van der Waals surface area contributed by atoms with Crippen LogP contribution in [0, 0.1) is 6.23 Å². The Morgan fingerprint density at radius 2 is 2.00 bits per heavy atom. The first-order chi connectivity index (χ1) is 5.68. The monoisotopic (exact) mass is 228 g/mol. The smallest absolute Gasteiger partial charge is 0.155 e. The Kier molecular flexibility index (Phi) is 3.72. The zero-order valence-electron chi connectivity index (χ0n) is 6.84. The highest BCUT2D eigenvalue weighted by molar-refractivity contribution is 9.10. The topological polar surface area (TPSA) is 32.3 Å². The molecule has 1 rings (SSSR count). The fraction of sp³-hybridized carbons (Fsp3) is 0.222. The van der Waals surface area contributed by atoms with E-state index in [1.54, 1.807) is 6.92 Å². The molecule has 0 aliphatic carbocycles. The molecule has 2 N–H and O–H groups in total. The second-order valence-electron chi connectivity index (χ2n) is 2.57. The Hall–Kier alpha value is -0.380. The molecular formula is C9H11BrNO. The molecule has 0 aliphatic rings. The maximum absolute atomic E-state index is 8.86. The van der Waals surface area contributed by atoms with Crippen molar-refractivity contribution in [3.63, 3.8) is 0 Å². The minimum Gasteiger partial charge on any atom is -0.372 e. The highest BCUT2D eigenvalue weighted by Gasteiger charge is 1.96. The van der Waals surface area contributed by atoms with E-state index >= 15 is 0 Å². The van der Waals surface area contributed by atoms with Crippen LogP contribution in [0.15, 0.2) is 28.7 Å². The second kappa shape index (κ2) is 4.60. The van der Waals surface area contributed by atoms with Crippen molar-refractivity contribution in [1.29, 1.82) is 0 Å². The lowest BCUT2D eigenvalue weighted by Gasteiger charge is -2.05. The van der Waals surface area contributed by atoms with Crippen LogP contribution in [0.4, 0.5) is 0 Å². The summed E-state index contributed by atoms with van der Waals surface area (Å²) in [6.45, 7) is 2.29. The van der Waals surface area contributed by atoms with Gasteiger partial charge < -0.3 is 5.11 Å². The molecule has 1 aromatic carbocycles. The molecule has 2 nitrogen and oxygen atoms in total. The Balaban J connectivity index is 2.48. The number of nitrogens with one attached hydrogen (secondary N) is 1. The van der Waals surface area contributed by atoms with Crippen LogP contribution >= 0.6 is 15.9 Å². The molecule has 0 saturated heterocycles. The van der Waals surface area contributed by atoms with Gasteiger partial charge in [0, 0.05) is 11.0 Å². The summed E-state index contributed by atoms with van der Waals surface area (Å²) < 4.78 is 1.07. The maximum Gasteiger partial charge on any atom is 0.155 e. The number of hydrogen-bond donors (Lipinski definition) is 2. The van der Waals surface area contributed by atoms with Crippen molar-refractivity contribution in [2.45, 2.75) is 13.5 Å². The number of rotatable bonds is 3. The molecule has 1 aromatic rings. The average Bonchev–Trinajstić information content (AvgIpc) is 2.03. The van der Waals surface area contributed by atoms with Crippen molar-refractivity contribution in [1.82, 2.24) is 5.32 Å². The third kappa shape index (κ3) is 3.34. The number of halogens is 1. The summed E-state index contributed by atoms with van der Waals surface area (Å²) in [5.41, 5.74) is 1.15. The van der Waals surface area contributed by atoms with Crippen LogP contribution < -0.4 is 5.32 Å². The normalized spacial score (nSPS) is 10.7. The maximum atomic E-state index is 8.86. The molecule has 0 amide bonds. The van der Waals surface area contributed by atoms with Crippen LogP contribution in [0.25, 0.3) is 0 Å². The van der Waals surface area contributed by atoms with E-state index in [0.717, 1.165) is 10.0 Å². The summed E-state index contributed by atoms with van der Waals surface area (Å²) in [7, 11) is 0. The van der Waals surface area contributed by atoms with Crippen LogP contribution in [0.1, 0.15) is 12.5 Å². The van der Waals surface area contributed by atoms with Crippen LogP contribution in [0.5, 0.6) is 0 Å². The van der Waals surface area contributed by atoms with Crippen molar-refractivity contribution in [2.75, 3.05) is 0 Å². The first-order valence-electron chi connectivity index (χ1n) is 3.69. The standard InChI is InChI=1S/C9H11BrNO/c1-7(12)11-6-8-2-4-9(10)5-3-8/h2-5,11-12H,6H2,1H3. The second-order valence-corrected chi connectivity index (χ2v) is 3.48. The molecule has 0 bridgehead atoms. The van der Waals surface area contributed by atoms with Gasteiger partial charge in [0.2, 0.25) is 0 Å². The van der Waals surface area contributed by atoms with Crippen molar-refractivity contribution in [3.8, 4) is 0 Å². The van der Waals surface area contributed by atoms with E-state index in [-0.39, 0.29) is 6.23 Å². The minimum absolute atomic E-state index is 0.248. The zero-order chi connectivity index (χ0) is 8.97. The Morgan fingerprint density at radius 3 is 2.50 bits per heavy atom. The summed E-state index contributed by atoms with van der Waals surface area (Å²) in [5.74, 6) is 0.